The maximum atomic E-state index is 12.0. The third-order valence-electron chi connectivity index (χ3n) is 4.04. The van der Waals surface area contributed by atoms with Gasteiger partial charge in [0.2, 0.25) is 5.91 Å². The van der Waals surface area contributed by atoms with Gasteiger partial charge in [-0.05, 0) is 24.6 Å². The molecular formula is C17H23Cl2N2O+. The molecule has 1 amide bonds. The lowest BCUT2D eigenvalue weighted by Crippen LogP contribution is -3.13. The van der Waals surface area contributed by atoms with Crippen LogP contribution in [0.3, 0.4) is 0 Å². The average molecular weight is 342 g/mol. The van der Waals surface area contributed by atoms with Crippen molar-refractivity contribution in [1.82, 2.24) is 5.32 Å². The molecule has 1 heterocycles. The average Bonchev–Trinajstić information content (AvgIpc) is 2.49. The number of rotatable bonds is 5. The summed E-state index contributed by atoms with van der Waals surface area (Å²) in [5, 5.41) is 4.16. The lowest BCUT2D eigenvalue weighted by Gasteiger charge is -2.29. The fourth-order valence-corrected chi connectivity index (χ4v) is 3.38. The molecule has 0 unspecified atom stereocenters. The summed E-state index contributed by atoms with van der Waals surface area (Å²) in [6, 6.07) is 5.59. The molecule has 1 saturated heterocycles. The number of piperidine rings is 1. The fraction of sp³-hybridized carbons (Fsp3) is 0.471. The van der Waals surface area contributed by atoms with Crippen LogP contribution in [0.15, 0.2) is 24.3 Å². The van der Waals surface area contributed by atoms with Crippen LogP contribution in [0.4, 0.5) is 0 Å². The topological polar surface area (TPSA) is 33.5 Å². The smallest absolute Gasteiger partial charge is 0.244 e. The molecule has 0 radical (unpaired) electrons. The molecule has 1 aliphatic rings. The Bertz CT molecular complexity index is 517. The number of halogens is 2. The highest BCUT2D eigenvalue weighted by molar-refractivity contribution is 6.37. The van der Waals surface area contributed by atoms with Gasteiger partial charge in [-0.2, -0.15) is 0 Å². The monoisotopic (exact) mass is 341 g/mol. The van der Waals surface area contributed by atoms with E-state index in [1.54, 1.807) is 29.2 Å². The zero-order valence-corrected chi connectivity index (χ0v) is 14.4. The molecule has 1 aromatic rings. The van der Waals surface area contributed by atoms with Gasteiger partial charge in [-0.3, -0.25) is 4.79 Å². The van der Waals surface area contributed by atoms with Gasteiger partial charge in [-0.25, -0.2) is 0 Å². The van der Waals surface area contributed by atoms with Crippen molar-refractivity contribution in [1.29, 1.82) is 0 Å². The number of nitrogens with one attached hydrogen (secondary N) is 2. The molecule has 0 atom stereocenters. The van der Waals surface area contributed by atoms with Crippen molar-refractivity contribution in [2.45, 2.75) is 32.2 Å². The third-order valence-corrected chi connectivity index (χ3v) is 4.70. The van der Waals surface area contributed by atoms with E-state index in [1.165, 1.54) is 19.0 Å². The molecule has 120 valence electrons. The van der Waals surface area contributed by atoms with Crippen LogP contribution in [-0.4, -0.2) is 31.6 Å². The normalized spacial score (nSPS) is 22.0. The molecule has 22 heavy (non-hydrogen) atoms. The van der Waals surface area contributed by atoms with E-state index in [2.05, 4.69) is 12.2 Å². The standard InChI is InChI=1S/C17H22Cl2N2O/c1-2-10-21-11-8-13(9-12-21)20-17(22)7-6-14-15(18)4-3-5-16(14)19/h3-7,13H,2,8-12H2,1H3,(H,20,22)/p+1/b7-6+. The molecule has 1 aromatic carbocycles. The first-order valence-corrected chi connectivity index (χ1v) is 8.62. The van der Waals surface area contributed by atoms with Gasteiger partial charge in [0.05, 0.1) is 19.6 Å². The SMILES string of the molecule is CCC[NH+]1CCC(NC(=O)/C=C/c2c(Cl)cccc2Cl)CC1. The predicted octanol–water partition coefficient (Wildman–Crippen LogP) is 2.58. The van der Waals surface area contributed by atoms with E-state index in [0.717, 1.165) is 25.9 Å². The van der Waals surface area contributed by atoms with Crippen molar-refractivity contribution in [2.24, 2.45) is 0 Å². The van der Waals surface area contributed by atoms with Gasteiger partial charge in [0.1, 0.15) is 0 Å². The van der Waals surface area contributed by atoms with E-state index < -0.39 is 0 Å². The van der Waals surface area contributed by atoms with Crippen LogP contribution in [0.2, 0.25) is 10.0 Å². The Morgan fingerprint density at radius 2 is 1.95 bits per heavy atom. The lowest BCUT2D eigenvalue weighted by atomic mass is 10.0. The molecule has 2 rings (SSSR count). The fourth-order valence-electron chi connectivity index (χ4n) is 2.85. The van der Waals surface area contributed by atoms with E-state index in [-0.39, 0.29) is 11.9 Å². The highest BCUT2D eigenvalue weighted by atomic mass is 35.5. The summed E-state index contributed by atoms with van der Waals surface area (Å²) in [4.78, 5) is 13.7. The van der Waals surface area contributed by atoms with Crippen LogP contribution in [0, 0.1) is 0 Å². The Morgan fingerprint density at radius 1 is 1.32 bits per heavy atom. The summed E-state index contributed by atoms with van der Waals surface area (Å²) < 4.78 is 0. The molecule has 0 spiro atoms. The molecule has 0 aliphatic carbocycles. The van der Waals surface area contributed by atoms with Crippen LogP contribution in [-0.2, 0) is 4.79 Å². The number of likely N-dealkylation sites (tertiary alicyclic amines) is 1. The Kier molecular flexibility index (Phi) is 6.74. The number of carbonyl (C=O) groups excluding carboxylic acids is 1. The zero-order valence-electron chi connectivity index (χ0n) is 12.9. The van der Waals surface area contributed by atoms with Crippen LogP contribution in [0.5, 0.6) is 0 Å². The van der Waals surface area contributed by atoms with Gasteiger partial charge in [0.25, 0.3) is 0 Å². The number of carbonyl (C=O) groups is 1. The van der Waals surface area contributed by atoms with Crippen LogP contribution >= 0.6 is 23.2 Å². The number of amides is 1. The zero-order chi connectivity index (χ0) is 15.9. The predicted molar refractivity (Wildman–Crippen MR) is 92.5 cm³/mol. The van der Waals surface area contributed by atoms with Gasteiger partial charge in [-0.1, -0.05) is 36.2 Å². The van der Waals surface area contributed by atoms with Crippen molar-refractivity contribution < 1.29 is 9.69 Å². The maximum absolute atomic E-state index is 12.0. The minimum Gasteiger partial charge on any atom is -0.349 e. The quantitative estimate of drug-likeness (QED) is 0.793. The van der Waals surface area contributed by atoms with Crippen LogP contribution in [0.1, 0.15) is 31.7 Å². The molecule has 2 N–H and O–H groups in total. The Labute approximate surface area is 142 Å². The van der Waals surface area contributed by atoms with Crippen LogP contribution < -0.4 is 10.2 Å². The number of hydrogen-bond donors (Lipinski definition) is 2. The minimum absolute atomic E-state index is 0.0834. The second kappa shape index (κ2) is 8.56. The third kappa shape index (κ3) is 5.01. The molecule has 1 aliphatic heterocycles. The van der Waals surface area contributed by atoms with Gasteiger partial charge in [0.15, 0.2) is 0 Å². The molecule has 0 aromatic heterocycles. The van der Waals surface area contributed by atoms with E-state index >= 15 is 0 Å². The van der Waals surface area contributed by atoms with Crippen molar-refractivity contribution in [3.8, 4) is 0 Å². The molecule has 0 bridgehead atoms. The van der Waals surface area contributed by atoms with Crippen molar-refractivity contribution in [3.63, 3.8) is 0 Å². The Balaban J connectivity index is 1.85. The van der Waals surface area contributed by atoms with Crippen LogP contribution in [0.25, 0.3) is 6.08 Å². The molecular weight excluding hydrogens is 319 g/mol. The molecule has 3 nitrogen and oxygen atoms in total. The molecule has 1 fully saturated rings. The number of benzene rings is 1. The van der Waals surface area contributed by atoms with Gasteiger partial charge in [-0.15, -0.1) is 0 Å². The van der Waals surface area contributed by atoms with Crippen molar-refractivity contribution >= 4 is 35.2 Å². The Hall–Kier alpha value is -1.03. The first-order chi connectivity index (χ1) is 10.6. The second-order valence-electron chi connectivity index (χ2n) is 5.75. The number of quaternary nitrogens is 1. The first-order valence-electron chi connectivity index (χ1n) is 7.86. The summed E-state index contributed by atoms with van der Waals surface area (Å²) in [5.41, 5.74) is 0.684. The van der Waals surface area contributed by atoms with Crippen molar-refractivity contribution in [3.05, 3.63) is 39.9 Å². The van der Waals surface area contributed by atoms with Gasteiger partial charge >= 0.3 is 0 Å². The highest BCUT2D eigenvalue weighted by Crippen LogP contribution is 2.25. The van der Waals surface area contributed by atoms with Crippen molar-refractivity contribution in [2.75, 3.05) is 19.6 Å². The molecule has 0 saturated carbocycles. The summed E-state index contributed by atoms with van der Waals surface area (Å²) in [6.07, 6.45) is 6.49. The minimum atomic E-state index is -0.0834. The summed E-state index contributed by atoms with van der Waals surface area (Å²) >= 11 is 12.2. The highest BCUT2D eigenvalue weighted by Gasteiger charge is 2.21. The first kappa shape index (κ1) is 17.3. The Morgan fingerprint density at radius 3 is 2.55 bits per heavy atom. The summed E-state index contributed by atoms with van der Waals surface area (Å²) in [5.74, 6) is -0.0834. The second-order valence-corrected chi connectivity index (χ2v) is 6.57. The summed E-state index contributed by atoms with van der Waals surface area (Å²) in [6.45, 7) is 5.72. The summed E-state index contributed by atoms with van der Waals surface area (Å²) in [7, 11) is 0. The lowest BCUT2D eigenvalue weighted by molar-refractivity contribution is -0.905. The van der Waals surface area contributed by atoms with E-state index in [0.29, 0.717) is 15.6 Å². The number of hydrogen-bond acceptors (Lipinski definition) is 1. The maximum Gasteiger partial charge on any atom is 0.244 e. The van der Waals surface area contributed by atoms with E-state index in [9.17, 15) is 4.79 Å². The largest absolute Gasteiger partial charge is 0.349 e. The molecule has 5 heteroatoms. The van der Waals surface area contributed by atoms with Gasteiger partial charge < -0.3 is 10.2 Å². The van der Waals surface area contributed by atoms with E-state index in [1.807, 2.05) is 0 Å². The van der Waals surface area contributed by atoms with Gasteiger partial charge in [0, 0.05) is 40.6 Å². The van der Waals surface area contributed by atoms with E-state index in [4.69, 9.17) is 23.2 Å².